The molecule has 0 aromatic carbocycles. The Bertz CT molecular complexity index is 153. The first-order valence-electron chi connectivity index (χ1n) is 5.87. The van der Waals surface area contributed by atoms with Crippen molar-refractivity contribution in [3.8, 4) is 0 Å². The van der Waals surface area contributed by atoms with Crippen molar-refractivity contribution in [3.05, 3.63) is 0 Å². The molecule has 0 aliphatic carbocycles. The van der Waals surface area contributed by atoms with Gasteiger partial charge in [-0.15, -0.1) is 0 Å². The summed E-state index contributed by atoms with van der Waals surface area (Å²) in [5.74, 6) is 0. The predicted molar refractivity (Wildman–Crippen MR) is 63.6 cm³/mol. The largest absolute Gasteiger partial charge is 0.858 e. The van der Waals surface area contributed by atoms with Crippen molar-refractivity contribution in [2.45, 2.75) is 52.9 Å². The van der Waals surface area contributed by atoms with Crippen molar-refractivity contribution in [2.75, 3.05) is 19.6 Å². The number of nitrogens with zero attached hydrogens (tertiary/aromatic N) is 1. The first kappa shape index (κ1) is 14.1. The third-order valence-electron chi connectivity index (χ3n) is 3.61. The standard InChI is InChI=1S/C11H27NOSi/c1-7-12(8-2,9-3)11(4)10-14(5,6)13/h11H,7-10H2,1-6H3. The zero-order valence-electron chi connectivity index (χ0n) is 10.8. The highest BCUT2D eigenvalue weighted by atomic mass is 28.4. The summed E-state index contributed by atoms with van der Waals surface area (Å²) in [6.07, 6.45) is 0. The molecule has 0 aromatic rings. The molecule has 0 saturated heterocycles. The summed E-state index contributed by atoms with van der Waals surface area (Å²) in [6, 6.07) is 1.44. The van der Waals surface area contributed by atoms with Crippen LogP contribution in [-0.4, -0.2) is 38.5 Å². The highest BCUT2D eigenvalue weighted by Gasteiger charge is 2.30. The van der Waals surface area contributed by atoms with E-state index in [1.807, 2.05) is 13.1 Å². The third-order valence-corrected chi connectivity index (χ3v) is 5.19. The van der Waals surface area contributed by atoms with Crippen molar-refractivity contribution >= 4 is 8.32 Å². The zero-order valence-corrected chi connectivity index (χ0v) is 11.8. The second-order valence-electron chi connectivity index (χ2n) is 4.98. The van der Waals surface area contributed by atoms with Crippen molar-refractivity contribution < 1.29 is 9.28 Å². The first-order valence-corrected chi connectivity index (χ1v) is 8.99. The van der Waals surface area contributed by atoms with Crippen molar-refractivity contribution in [1.29, 1.82) is 0 Å². The van der Waals surface area contributed by atoms with E-state index in [0.717, 1.165) is 30.2 Å². The molecule has 0 rings (SSSR count). The van der Waals surface area contributed by atoms with Crippen LogP contribution in [-0.2, 0) is 0 Å². The van der Waals surface area contributed by atoms with Gasteiger partial charge < -0.3 is 9.28 Å². The van der Waals surface area contributed by atoms with Crippen molar-refractivity contribution in [2.24, 2.45) is 0 Å². The lowest BCUT2D eigenvalue weighted by atomic mass is 10.2. The molecule has 3 heteroatoms. The van der Waals surface area contributed by atoms with Crippen LogP contribution in [0, 0.1) is 0 Å². The monoisotopic (exact) mass is 217 g/mol. The third kappa shape index (κ3) is 3.71. The average molecular weight is 217 g/mol. The van der Waals surface area contributed by atoms with E-state index >= 15 is 0 Å². The molecule has 0 aliphatic rings. The maximum absolute atomic E-state index is 11.8. The molecule has 0 saturated carbocycles. The Balaban J connectivity index is 4.52. The molecule has 0 amide bonds. The van der Waals surface area contributed by atoms with Crippen LogP contribution in [0.25, 0.3) is 0 Å². The van der Waals surface area contributed by atoms with E-state index in [-0.39, 0.29) is 0 Å². The van der Waals surface area contributed by atoms with Crippen molar-refractivity contribution in [3.63, 3.8) is 0 Å². The van der Waals surface area contributed by atoms with Gasteiger partial charge in [-0.05, 0) is 42.1 Å². The average Bonchev–Trinajstić information content (AvgIpc) is 2.05. The summed E-state index contributed by atoms with van der Waals surface area (Å²) in [5, 5.41) is 0. The smallest absolute Gasteiger partial charge is 0.0825 e. The van der Waals surface area contributed by atoms with E-state index in [1.54, 1.807) is 0 Å². The second-order valence-corrected chi connectivity index (χ2v) is 8.91. The molecular weight excluding hydrogens is 190 g/mol. The minimum Gasteiger partial charge on any atom is -0.858 e. The van der Waals surface area contributed by atoms with E-state index in [9.17, 15) is 4.80 Å². The normalized spacial score (nSPS) is 15.6. The van der Waals surface area contributed by atoms with Gasteiger partial charge in [0.25, 0.3) is 0 Å². The minimum absolute atomic E-state index is 0.536. The van der Waals surface area contributed by atoms with Gasteiger partial charge in [0.2, 0.25) is 0 Å². The van der Waals surface area contributed by atoms with Gasteiger partial charge in [0.05, 0.1) is 25.7 Å². The molecule has 0 spiro atoms. The molecule has 14 heavy (non-hydrogen) atoms. The molecule has 0 aromatic heterocycles. The summed E-state index contributed by atoms with van der Waals surface area (Å²) in [7, 11) is -2.14. The molecule has 86 valence electrons. The highest BCUT2D eigenvalue weighted by Crippen LogP contribution is 2.20. The van der Waals surface area contributed by atoms with Crippen LogP contribution in [0.15, 0.2) is 0 Å². The summed E-state index contributed by atoms with van der Waals surface area (Å²) < 4.78 is 1.11. The lowest BCUT2D eigenvalue weighted by Gasteiger charge is -2.45. The topological polar surface area (TPSA) is 23.1 Å². The van der Waals surface area contributed by atoms with Gasteiger partial charge in [-0.2, -0.15) is 0 Å². The van der Waals surface area contributed by atoms with Gasteiger partial charge in [0.1, 0.15) is 0 Å². The molecular formula is C11H27NOSi. The summed E-state index contributed by atoms with van der Waals surface area (Å²) in [5.41, 5.74) is 0. The Morgan fingerprint density at radius 3 is 1.64 bits per heavy atom. The van der Waals surface area contributed by atoms with Crippen LogP contribution in [0.2, 0.25) is 19.1 Å². The molecule has 0 radical (unpaired) electrons. The van der Waals surface area contributed by atoms with Crippen LogP contribution in [0.5, 0.6) is 0 Å². The van der Waals surface area contributed by atoms with E-state index in [0.29, 0.717) is 6.04 Å². The number of quaternary nitrogens is 1. The van der Waals surface area contributed by atoms with E-state index in [2.05, 4.69) is 27.7 Å². The molecule has 1 atom stereocenters. The van der Waals surface area contributed by atoms with Gasteiger partial charge in [0, 0.05) is 0 Å². The van der Waals surface area contributed by atoms with Crippen LogP contribution in [0.1, 0.15) is 27.7 Å². The Hall–Kier alpha value is 0.137. The molecule has 0 N–H and O–H groups in total. The first-order chi connectivity index (χ1) is 6.31. The summed E-state index contributed by atoms with van der Waals surface area (Å²) >= 11 is 0. The van der Waals surface area contributed by atoms with E-state index in [4.69, 9.17) is 0 Å². The van der Waals surface area contributed by atoms with Gasteiger partial charge in [0.15, 0.2) is 0 Å². The molecule has 0 fully saturated rings. The maximum Gasteiger partial charge on any atom is 0.0825 e. The Kier molecular flexibility index (Phi) is 5.34. The van der Waals surface area contributed by atoms with E-state index < -0.39 is 8.32 Å². The fourth-order valence-electron chi connectivity index (χ4n) is 2.51. The van der Waals surface area contributed by atoms with Crippen LogP contribution >= 0.6 is 0 Å². The molecule has 0 aliphatic heterocycles. The fraction of sp³-hybridized carbons (Fsp3) is 1.00. The molecule has 0 bridgehead atoms. The highest BCUT2D eigenvalue weighted by molar-refractivity contribution is 6.68. The molecule has 0 heterocycles. The molecule has 2 nitrogen and oxygen atoms in total. The fourth-order valence-corrected chi connectivity index (χ4v) is 4.32. The number of hydrogen-bond donors (Lipinski definition) is 0. The maximum atomic E-state index is 11.8. The van der Waals surface area contributed by atoms with E-state index in [1.165, 1.54) is 0 Å². The number of rotatable bonds is 6. The Morgan fingerprint density at radius 1 is 1.07 bits per heavy atom. The SMILES string of the molecule is CC[N+](CC)(CC)C(C)C[Si](C)(C)[O-]. The van der Waals surface area contributed by atoms with Gasteiger partial charge in [-0.3, -0.25) is 0 Å². The van der Waals surface area contributed by atoms with Crippen LogP contribution < -0.4 is 4.80 Å². The summed E-state index contributed by atoms with van der Waals surface area (Å²) in [4.78, 5) is 11.8. The van der Waals surface area contributed by atoms with Gasteiger partial charge in [-0.1, -0.05) is 13.1 Å². The Morgan fingerprint density at radius 2 is 1.43 bits per heavy atom. The second kappa shape index (κ2) is 5.28. The van der Waals surface area contributed by atoms with Gasteiger partial charge >= 0.3 is 0 Å². The lowest BCUT2D eigenvalue weighted by Crippen LogP contribution is -2.58. The summed E-state index contributed by atoms with van der Waals surface area (Å²) in [6.45, 7) is 16.3. The quantitative estimate of drug-likeness (QED) is 0.492. The van der Waals surface area contributed by atoms with Crippen LogP contribution in [0.4, 0.5) is 0 Å². The van der Waals surface area contributed by atoms with Crippen LogP contribution in [0.3, 0.4) is 0 Å². The lowest BCUT2D eigenvalue weighted by molar-refractivity contribution is -0.943. The minimum atomic E-state index is -2.14. The molecule has 1 unspecified atom stereocenters. The number of hydrogen-bond acceptors (Lipinski definition) is 1. The Labute approximate surface area is 90.7 Å². The predicted octanol–water partition coefficient (Wildman–Crippen LogP) is 1.82. The van der Waals surface area contributed by atoms with Gasteiger partial charge in [-0.25, -0.2) is 0 Å². The van der Waals surface area contributed by atoms with Crippen molar-refractivity contribution in [1.82, 2.24) is 0 Å². The zero-order chi connectivity index (χ0) is 11.4.